The van der Waals surface area contributed by atoms with Gasteiger partial charge in [0.2, 0.25) is 0 Å². The number of hydrogen-bond donors (Lipinski definition) is 1. The standard InChI is InChI=1S/C18H19N3S2/c1-11-7-8-13-14(9-11)23-17-15(13)16(19)20-18(21-17)22-10-12-5-3-2-4-6-12/h2-6,11H,7-10H2,1H3,(H2,19,20,21)/t11-/m0/s1. The van der Waals surface area contributed by atoms with Crippen LogP contribution in [0.25, 0.3) is 10.2 Å². The Hall–Kier alpha value is -1.59. The van der Waals surface area contributed by atoms with Crippen molar-refractivity contribution in [2.24, 2.45) is 5.92 Å². The molecule has 0 unspecified atom stereocenters. The van der Waals surface area contributed by atoms with E-state index in [1.807, 2.05) is 17.4 Å². The maximum atomic E-state index is 6.27. The Morgan fingerprint density at radius 2 is 2.09 bits per heavy atom. The molecule has 2 heterocycles. The van der Waals surface area contributed by atoms with Crippen LogP contribution in [-0.4, -0.2) is 9.97 Å². The molecule has 4 rings (SSSR count). The fourth-order valence-electron chi connectivity index (χ4n) is 3.14. The van der Waals surface area contributed by atoms with Crippen LogP contribution in [0, 0.1) is 5.92 Å². The van der Waals surface area contributed by atoms with Gasteiger partial charge in [0, 0.05) is 10.6 Å². The lowest BCUT2D eigenvalue weighted by Gasteiger charge is -2.17. The summed E-state index contributed by atoms with van der Waals surface area (Å²) in [6, 6.07) is 10.4. The van der Waals surface area contributed by atoms with E-state index >= 15 is 0 Å². The Labute approximate surface area is 144 Å². The molecule has 1 atom stereocenters. The van der Waals surface area contributed by atoms with E-state index in [4.69, 9.17) is 10.7 Å². The van der Waals surface area contributed by atoms with E-state index in [1.54, 1.807) is 11.8 Å². The lowest BCUT2D eigenvalue weighted by atomic mass is 9.89. The second-order valence-electron chi connectivity index (χ2n) is 6.20. The maximum Gasteiger partial charge on any atom is 0.191 e. The Bertz CT molecular complexity index is 842. The van der Waals surface area contributed by atoms with Crippen LogP contribution < -0.4 is 5.73 Å². The molecule has 0 saturated carbocycles. The van der Waals surface area contributed by atoms with Gasteiger partial charge in [-0.15, -0.1) is 11.3 Å². The zero-order chi connectivity index (χ0) is 15.8. The fourth-order valence-corrected chi connectivity index (χ4v) is 5.39. The maximum absolute atomic E-state index is 6.27. The minimum absolute atomic E-state index is 0.651. The van der Waals surface area contributed by atoms with E-state index in [2.05, 4.69) is 36.2 Å². The van der Waals surface area contributed by atoms with Gasteiger partial charge >= 0.3 is 0 Å². The minimum Gasteiger partial charge on any atom is -0.383 e. The second kappa shape index (κ2) is 6.13. The molecule has 1 aliphatic carbocycles. The van der Waals surface area contributed by atoms with Gasteiger partial charge in [-0.2, -0.15) is 0 Å². The molecule has 2 N–H and O–H groups in total. The summed E-state index contributed by atoms with van der Waals surface area (Å²) in [5, 5.41) is 1.89. The van der Waals surface area contributed by atoms with E-state index in [9.17, 15) is 0 Å². The average Bonchev–Trinajstić information content (AvgIpc) is 2.91. The van der Waals surface area contributed by atoms with Gasteiger partial charge in [-0.3, -0.25) is 0 Å². The Morgan fingerprint density at radius 1 is 1.26 bits per heavy atom. The summed E-state index contributed by atoms with van der Waals surface area (Å²) in [4.78, 5) is 11.8. The number of nitrogen functional groups attached to an aromatic ring is 1. The summed E-state index contributed by atoms with van der Waals surface area (Å²) in [5.41, 5.74) is 8.95. The Morgan fingerprint density at radius 3 is 2.91 bits per heavy atom. The first-order valence-corrected chi connectivity index (χ1v) is 9.75. The quantitative estimate of drug-likeness (QED) is 0.554. The van der Waals surface area contributed by atoms with Crippen LogP contribution in [0.3, 0.4) is 0 Å². The summed E-state index contributed by atoms with van der Waals surface area (Å²) in [6.07, 6.45) is 3.51. The van der Waals surface area contributed by atoms with Gasteiger partial charge in [0.05, 0.1) is 5.39 Å². The van der Waals surface area contributed by atoms with Crippen molar-refractivity contribution in [3.63, 3.8) is 0 Å². The molecule has 3 nitrogen and oxygen atoms in total. The van der Waals surface area contributed by atoms with E-state index in [0.29, 0.717) is 5.82 Å². The number of aryl methyl sites for hydroxylation is 1. The van der Waals surface area contributed by atoms with Gasteiger partial charge in [0.25, 0.3) is 0 Å². The van der Waals surface area contributed by atoms with E-state index in [0.717, 1.165) is 39.9 Å². The van der Waals surface area contributed by atoms with Gasteiger partial charge < -0.3 is 5.73 Å². The summed E-state index contributed by atoms with van der Waals surface area (Å²) in [5.74, 6) is 2.28. The van der Waals surface area contributed by atoms with Crippen molar-refractivity contribution in [2.45, 2.75) is 37.1 Å². The molecule has 0 fully saturated rings. The molecule has 0 bridgehead atoms. The fraction of sp³-hybridized carbons (Fsp3) is 0.333. The van der Waals surface area contributed by atoms with Gasteiger partial charge in [0.1, 0.15) is 10.6 Å². The molecule has 3 aromatic rings. The van der Waals surface area contributed by atoms with Crippen molar-refractivity contribution in [1.29, 1.82) is 0 Å². The molecule has 0 saturated heterocycles. The molecular weight excluding hydrogens is 322 g/mol. The molecule has 0 amide bonds. The van der Waals surface area contributed by atoms with E-state index < -0.39 is 0 Å². The summed E-state index contributed by atoms with van der Waals surface area (Å²) in [7, 11) is 0. The number of aromatic nitrogens is 2. The van der Waals surface area contributed by atoms with Crippen LogP contribution in [0.15, 0.2) is 35.5 Å². The SMILES string of the molecule is C[C@H]1CCc2c(sc3nc(SCc4ccccc4)nc(N)c23)C1. The molecule has 2 aromatic heterocycles. The van der Waals surface area contributed by atoms with Crippen LogP contribution in [0.1, 0.15) is 29.3 Å². The second-order valence-corrected chi connectivity index (χ2v) is 8.22. The van der Waals surface area contributed by atoms with Crippen molar-refractivity contribution in [3.8, 4) is 0 Å². The first-order chi connectivity index (χ1) is 11.2. The molecule has 5 heteroatoms. The number of anilines is 1. The summed E-state index contributed by atoms with van der Waals surface area (Å²) >= 11 is 3.46. The summed E-state index contributed by atoms with van der Waals surface area (Å²) < 4.78 is 0. The largest absolute Gasteiger partial charge is 0.383 e. The van der Waals surface area contributed by atoms with Crippen molar-refractivity contribution in [2.75, 3.05) is 5.73 Å². The van der Waals surface area contributed by atoms with E-state index in [1.165, 1.54) is 22.4 Å². The third-order valence-corrected chi connectivity index (χ3v) is 6.44. The number of nitrogens with zero attached hydrogens (tertiary/aromatic N) is 2. The highest BCUT2D eigenvalue weighted by Crippen LogP contribution is 2.40. The highest BCUT2D eigenvalue weighted by molar-refractivity contribution is 7.98. The average molecular weight is 342 g/mol. The number of hydrogen-bond acceptors (Lipinski definition) is 5. The number of thiophene rings is 1. The molecular formula is C18H19N3S2. The topological polar surface area (TPSA) is 51.8 Å². The molecule has 1 aliphatic rings. The third-order valence-electron chi connectivity index (χ3n) is 4.37. The van der Waals surface area contributed by atoms with Crippen LogP contribution in [0.5, 0.6) is 0 Å². The number of nitrogens with two attached hydrogens (primary N) is 1. The number of thioether (sulfide) groups is 1. The molecule has 1 aromatic carbocycles. The lowest BCUT2D eigenvalue weighted by molar-refractivity contribution is 0.509. The zero-order valence-corrected chi connectivity index (χ0v) is 14.7. The molecule has 0 aliphatic heterocycles. The van der Waals surface area contributed by atoms with Crippen molar-refractivity contribution in [1.82, 2.24) is 9.97 Å². The first-order valence-electron chi connectivity index (χ1n) is 7.95. The highest BCUT2D eigenvalue weighted by Gasteiger charge is 2.23. The molecule has 0 spiro atoms. The summed E-state index contributed by atoms with van der Waals surface area (Å²) in [6.45, 7) is 2.32. The van der Waals surface area contributed by atoms with E-state index in [-0.39, 0.29) is 0 Å². The van der Waals surface area contributed by atoms with Gasteiger partial charge in [0.15, 0.2) is 5.16 Å². The smallest absolute Gasteiger partial charge is 0.191 e. The number of rotatable bonds is 3. The number of benzene rings is 1. The first kappa shape index (κ1) is 15.0. The Kier molecular flexibility index (Phi) is 3.99. The molecule has 118 valence electrons. The van der Waals surface area contributed by atoms with Crippen LogP contribution in [0.4, 0.5) is 5.82 Å². The van der Waals surface area contributed by atoms with Crippen molar-refractivity contribution in [3.05, 3.63) is 46.3 Å². The van der Waals surface area contributed by atoms with Crippen LogP contribution >= 0.6 is 23.1 Å². The van der Waals surface area contributed by atoms with Crippen LogP contribution in [0.2, 0.25) is 0 Å². The third kappa shape index (κ3) is 2.95. The minimum atomic E-state index is 0.651. The lowest BCUT2D eigenvalue weighted by Crippen LogP contribution is -2.09. The van der Waals surface area contributed by atoms with Crippen LogP contribution in [-0.2, 0) is 18.6 Å². The monoisotopic (exact) mass is 341 g/mol. The van der Waals surface area contributed by atoms with Gasteiger partial charge in [-0.05, 0) is 36.3 Å². The highest BCUT2D eigenvalue weighted by atomic mass is 32.2. The number of fused-ring (bicyclic) bond motifs is 3. The predicted octanol–water partition coefficient (Wildman–Crippen LogP) is 4.69. The van der Waals surface area contributed by atoms with Crippen molar-refractivity contribution < 1.29 is 0 Å². The molecule has 23 heavy (non-hydrogen) atoms. The van der Waals surface area contributed by atoms with Gasteiger partial charge in [-0.25, -0.2) is 9.97 Å². The zero-order valence-electron chi connectivity index (χ0n) is 13.1. The van der Waals surface area contributed by atoms with Crippen molar-refractivity contribution >= 4 is 39.1 Å². The normalized spacial score (nSPS) is 17.3. The van der Waals surface area contributed by atoms with Gasteiger partial charge in [-0.1, -0.05) is 49.0 Å². The predicted molar refractivity (Wildman–Crippen MR) is 99.0 cm³/mol. The molecule has 0 radical (unpaired) electrons. The Balaban J connectivity index is 1.65.